The maximum absolute atomic E-state index is 10.5. The largest absolute Gasteiger partial charge is 0.384 e. The predicted molar refractivity (Wildman–Crippen MR) is 32.7 cm³/mol. The van der Waals surface area contributed by atoms with Gasteiger partial charge in [0.15, 0.2) is 0 Å². The third-order valence-corrected chi connectivity index (χ3v) is 2.19. The van der Waals surface area contributed by atoms with Crippen LogP contribution in [-0.4, -0.2) is 22.1 Å². The smallest absolute Gasteiger partial charge is 0.217 e. The van der Waals surface area contributed by atoms with Gasteiger partial charge in [-0.25, -0.2) is 0 Å². The zero-order valence-electron chi connectivity index (χ0n) is 4.46. The molecule has 1 atom stereocenters. The summed E-state index contributed by atoms with van der Waals surface area (Å²) in [6.45, 7) is 0. The van der Waals surface area contributed by atoms with E-state index in [1.54, 1.807) is 0 Å². The van der Waals surface area contributed by atoms with Crippen LogP contribution in [0.4, 0.5) is 0 Å². The summed E-state index contributed by atoms with van der Waals surface area (Å²) in [4.78, 5) is 10.5. The molecule has 0 bridgehead atoms. The van der Waals surface area contributed by atoms with Crippen LogP contribution in [0.15, 0.2) is 0 Å². The summed E-state index contributed by atoms with van der Waals surface area (Å²) in [5.74, 6) is 0.885. The average molecular weight is 132 g/mol. The molecule has 2 nitrogen and oxygen atoms in total. The van der Waals surface area contributed by atoms with E-state index >= 15 is 0 Å². The predicted octanol–water partition coefficient (Wildman–Crippen LogP) is 0.401. The van der Waals surface area contributed by atoms with E-state index in [9.17, 15) is 4.79 Å². The van der Waals surface area contributed by atoms with Gasteiger partial charge in [-0.05, 0) is 12.8 Å². The molecule has 0 radical (unpaired) electrons. The molecule has 1 saturated heterocycles. The van der Waals surface area contributed by atoms with Gasteiger partial charge in [-0.2, -0.15) is 0 Å². The molecule has 0 saturated carbocycles. The molecule has 1 fully saturated rings. The summed E-state index contributed by atoms with van der Waals surface area (Å²) in [5, 5.41) is 8.75. The van der Waals surface area contributed by atoms with Gasteiger partial charge in [-0.3, -0.25) is 4.79 Å². The first-order chi connectivity index (χ1) is 3.80. The lowest BCUT2D eigenvalue weighted by Crippen LogP contribution is -2.21. The van der Waals surface area contributed by atoms with Gasteiger partial charge in [0.2, 0.25) is 5.12 Å². The number of thioether (sulfide) groups is 1. The van der Waals surface area contributed by atoms with Crippen molar-refractivity contribution in [3.63, 3.8) is 0 Å². The maximum Gasteiger partial charge on any atom is 0.217 e. The van der Waals surface area contributed by atoms with Crippen LogP contribution < -0.4 is 0 Å². The zero-order valence-corrected chi connectivity index (χ0v) is 5.28. The van der Waals surface area contributed by atoms with Gasteiger partial charge in [-0.1, -0.05) is 11.8 Å². The van der Waals surface area contributed by atoms with Crippen molar-refractivity contribution in [2.75, 3.05) is 5.75 Å². The average Bonchev–Trinajstić information content (AvgIpc) is 1.77. The highest BCUT2D eigenvalue weighted by Gasteiger charge is 2.19. The lowest BCUT2D eigenvalue weighted by atomic mass is 10.2. The van der Waals surface area contributed by atoms with E-state index in [4.69, 9.17) is 5.11 Å². The fourth-order valence-electron chi connectivity index (χ4n) is 0.663. The van der Waals surface area contributed by atoms with Crippen molar-refractivity contribution in [3.05, 3.63) is 0 Å². The number of carbonyl (C=O) groups is 1. The molecule has 8 heavy (non-hydrogen) atoms. The van der Waals surface area contributed by atoms with Crippen molar-refractivity contribution < 1.29 is 9.90 Å². The number of carbonyl (C=O) groups excluding carboxylic acids is 1. The van der Waals surface area contributed by atoms with Crippen LogP contribution in [0.25, 0.3) is 0 Å². The van der Waals surface area contributed by atoms with Crippen LogP contribution in [0.2, 0.25) is 0 Å². The van der Waals surface area contributed by atoms with Crippen molar-refractivity contribution in [3.8, 4) is 0 Å². The van der Waals surface area contributed by atoms with Crippen molar-refractivity contribution in [1.82, 2.24) is 0 Å². The van der Waals surface area contributed by atoms with E-state index in [0.717, 1.165) is 12.2 Å². The zero-order chi connectivity index (χ0) is 5.98. The van der Waals surface area contributed by atoms with Crippen molar-refractivity contribution in [1.29, 1.82) is 0 Å². The number of aliphatic hydroxyl groups excluding tert-OH is 1. The highest BCUT2D eigenvalue weighted by molar-refractivity contribution is 8.13. The van der Waals surface area contributed by atoms with Crippen LogP contribution in [0.3, 0.4) is 0 Å². The Morgan fingerprint density at radius 2 is 2.50 bits per heavy atom. The Morgan fingerprint density at radius 3 is 2.88 bits per heavy atom. The second-order valence-corrected chi connectivity index (χ2v) is 2.92. The summed E-state index contributed by atoms with van der Waals surface area (Å²) in [6.07, 6.45) is 0.956. The quantitative estimate of drug-likeness (QED) is 0.518. The summed E-state index contributed by atoms with van der Waals surface area (Å²) >= 11 is 1.24. The number of rotatable bonds is 0. The first-order valence-electron chi connectivity index (χ1n) is 2.65. The van der Waals surface area contributed by atoms with Gasteiger partial charge < -0.3 is 5.11 Å². The van der Waals surface area contributed by atoms with Crippen LogP contribution in [-0.2, 0) is 4.79 Å². The fourth-order valence-corrected chi connectivity index (χ4v) is 1.49. The Labute approximate surface area is 52.3 Å². The SMILES string of the molecule is O=C1SCCCC1O. The van der Waals surface area contributed by atoms with Gasteiger partial charge in [0, 0.05) is 5.75 Å². The third-order valence-electron chi connectivity index (χ3n) is 1.14. The van der Waals surface area contributed by atoms with E-state index in [1.807, 2.05) is 0 Å². The molecule has 0 aromatic heterocycles. The Hall–Kier alpha value is -0.0200. The minimum absolute atomic E-state index is 0.0590. The summed E-state index contributed by atoms with van der Waals surface area (Å²) in [6, 6.07) is 0. The fraction of sp³-hybridized carbons (Fsp3) is 0.800. The van der Waals surface area contributed by atoms with Gasteiger partial charge in [0.1, 0.15) is 6.10 Å². The standard InChI is InChI=1S/C5H8O2S/c6-4-2-1-3-8-5(4)7/h4,6H,1-3H2. The Bertz CT molecular complexity index is 103. The van der Waals surface area contributed by atoms with E-state index in [2.05, 4.69) is 0 Å². The molecule has 1 rings (SSSR count). The number of hydrogen-bond acceptors (Lipinski definition) is 3. The number of aliphatic hydroxyl groups is 1. The van der Waals surface area contributed by atoms with Crippen molar-refractivity contribution >= 4 is 16.9 Å². The third kappa shape index (κ3) is 1.23. The van der Waals surface area contributed by atoms with Crippen LogP contribution in [0.5, 0.6) is 0 Å². The summed E-state index contributed by atoms with van der Waals surface area (Å²) in [5.41, 5.74) is 0. The van der Waals surface area contributed by atoms with E-state index in [0.29, 0.717) is 6.42 Å². The lowest BCUT2D eigenvalue weighted by Gasteiger charge is -2.12. The van der Waals surface area contributed by atoms with Crippen LogP contribution in [0, 0.1) is 0 Å². The van der Waals surface area contributed by atoms with Crippen molar-refractivity contribution in [2.45, 2.75) is 18.9 Å². The molecule has 1 unspecified atom stereocenters. The molecule has 0 amide bonds. The molecule has 0 aromatic carbocycles. The molecule has 1 aliphatic rings. The van der Waals surface area contributed by atoms with Crippen LogP contribution in [0.1, 0.15) is 12.8 Å². The molecule has 0 aromatic rings. The highest BCUT2D eigenvalue weighted by Crippen LogP contribution is 2.18. The Morgan fingerprint density at radius 1 is 1.75 bits per heavy atom. The second-order valence-electron chi connectivity index (χ2n) is 1.83. The summed E-state index contributed by atoms with van der Waals surface area (Å²) in [7, 11) is 0. The maximum atomic E-state index is 10.5. The molecule has 1 aliphatic heterocycles. The van der Waals surface area contributed by atoms with Gasteiger partial charge in [-0.15, -0.1) is 0 Å². The van der Waals surface area contributed by atoms with Crippen molar-refractivity contribution in [2.24, 2.45) is 0 Å². The normalized spacial score (nSPS) is 30.6. The Kier molecular flexibility index (Phi) is 1.91. The van der Waals surface area contributed by atoms with Gasteiger partial charge >= 0.3 is 0 Å². The molecule has 46 valence electrons. The molecular weight excluding hydrogens is 124 g/mol. The van der Waals surface area contributed by atoms with E-state index < -0.39 is 6.10 Å². The molecule has 3 heteroatoms. The minimum atomic E-state index is -0.672. The second kappa shape index (κ2) is 2.51. The molecule has 1 N–H and O–H groups in total. The summed E-state index contributed by atoms with van der Waals surface area (Å²) < 4.78 is 0. The molecular formula is C5H8O2S. The molecule has 0 aliphatic carbocycles. The van der Waals surface area contributed by atoms with Gasteiger partial charge in [0.25, 0.3) is 0 Å². The first kappa shape index (κ1) is 6.11. The topological polar surface area (TPSA) is 37.3 Å². The molecule has 1 heterocycles. The van der Waals surface area contributed by atoms with Gasteiger partial charge in [0.05, 0.1) is 0 Å². The first-order valence-corrected chi connectivity index (χ1v) is 3.64. The highest BCUT2D eigenvalue weighted by atomic mass is 32.2. The Balaban J connectivity index is 2.39. The monoisotopic (exact) mass is 132 g/mol. The number of hydrogen-bond donors (Lipinski definition) is 1. The van der Waals surface area contributed by atoms with E-state index in [1.165, 1.54) is 11.8 Å². The van der Waals surface area contributed by atoms with E-state index in [-0.39, 0.29) is 5.12 Å². The molecule has 0 spiro atoms. The minimum Gasteiger partial charge on any atom is -0.384 e. The lowest BCUT2D eigenvalue weighted by molar-refractivity contribution is -0.118. The van der Waals surface area contributed by atoms with Crippen LogP contribution >= 0.6 is 11.8 Å².